The Balaban J connectivity index is 3.37. The van der Waals surface area contributed by atoms with Gasteiger partial charge >= 0.3 is 5.97 Å². The van der Waals surface area contributed by atoms with E-state index in [1.807, 2.05) is 0 Å². The van der Waals surface area contributed by atoms with Crippen molar-refractivity contribution in [2.75, 3.05) is 13.2 Å². The molecule has 0 saturated carbocycles. The average molecular weight is 1110 g/mol. The fraction of sp³-hybridized carbons (Fsp3) is 0.918. The van der Waals surface area contributed by atoms with Crippen molar-refractivity contribution in [3.8, 4) is 0 Å². The Kier molecular flexibility index (Phi) is 67.4. The van der Waals surface area contributed by atoms with Crippen LogP contribution in [0.4, 0.5) is 0 Å². The van der Waals surface area contributed by atoms with Gasteiger partial charge in [0.05, 0.1) is 25.4 Å². The van der Waals surface area contributed by atoms with Crippen molar-refractivity contribution >= 4 is 11.9 Å². The molecular weight excluding hydrogens is 971 g/mol. The monoisotopic (exact) mass is 1110 g/mol. The molecule has 2 unspecified atom stereocenters. The van der Waals surface area contributed by atoms with Gasteiger partial charge in [0.15, 0.2) is 0 Å². The van der Waals surface area contributed by atoms with Crippen LogP contribution < -0.4 is 5.32 Å². The number of ether oxygens (including phenoxy) is 1. The molecule has 0 saturated heterocycles. The molecule has 0 aromatic rings. The second-order valence-electron chi connectivity index (χ2n) is 24.9. The third-order valence-electron chi connectivity index (χ3n) is 17.0. The van der Waals surface area contributed by atoms with Crippen LogP contribution in [-0.2, 0) is 14.3 Å². The van der Waals surface area contributed by atoms with E-state index in [2.05, 4.69) is 43.5 Å². The highest BCUT2D eigenvalue weighted by Crippen LogP contribution is 2.19. The number of esters is 1. The molecule has 0 aliphatic carbocycles. The number of rotatable bonds is 68. The van der Waals surface area contributed by atoms with Crippen molar-refractivity contribution in [1.29, 1.82) is 0 Å². The molecule has 0 fully saturated rings. The summed E-state index contributed by atoms with van der Waals surface area (Å²) in [6, 6.07) is -0.541. The van der Waals surface area contributed by atoms with Gasteiger partial charge in [0.25, 0.3) is 0 Å². The number of hydrogen-bond donors (Lipinski definition) is 3. The van der Waals surface area contributed by atoms with E-state index in [-0.39, 0.29) is 18.5 Å². The Hall–Kier alpha value is -1.66. The normalized spacial score (nSPS) is 12.6. The van der Waals surface area contributed by atoms with E-state index >= 15 is 0 Å². The van der Waals surface area contributed by atoms with Gasteiger partial charge in [-0.15, -0.1) is 0 Å². The van der Waals surface area contributed by atoms with Crippen LogP contribution in [0.1, 0.15) is 406 Å². The van der Waals surface area contributed by atoms with E-state index in [0.717, 1.165) is 51.4 Å². The van der Waals surface area contributed by atoms with Gasteiger partial charge < -0.3 is 20.3 Å². The summed E-state index contributed by atoms with van der Waals surface area (Å²) in [4.78, 5) is 24.6. The van der Waals surface area contributed by atoms with Crippen LogP contribution in [0.3, 0.4) is 0 Å². The molecule has 2 atom stereocenters. The Labute approximate surface area is 494 Å². The predicted octanol–water partition coefficient (Wildman–Crippen LogP) is 23.3. The highest BCUT2D eigenvalue weighted by atomic mass is 16.5. The third kappa shape index (κ3) is 65.4. The molecule has 0 rings (SSSR count). The minimum Gasteiger partial charge on any atom is -0.466 e. The second-order valence-corrected chi connectivity index (χ2v) is 24.9. The van der Waals surface area contributed by atoms with E-state index in [9.17, 15) is 19.8 Å². The lowest BCUT2D eigenvalue weighted by molar-refractivity contribution is -0.143. The minimum atomic E-state index is -0.664. The van der Waals surface area contributed by atoms with Crippen molar-refractivity contribution in [2.24, 2.45) is 0 Å². The fourth-order valence-corrected chi connectivity index (χ4v) is 11.5. The molecular formula is C73H141NO5. The van der Waals surface area contributed by atoms with Crippen LogP contribution in [-0.4, -0.2) is 47.4 Å². The zero-order valence-electron chi connectivity index (χ0n) is 53.6. The van der Waals surface area contributed by atoms with Crippen LogP contribution in [0.5, 0.6) is 0 Å². The molecule has 0 spiro atoms. The quantitative estimate of drug-likeness (QED) is 0.0320. The lowest BCUT2D eigenvalue weighted by Crippen LogP contribution is -2.45. The first-order valence-electron chi connectivity index (χ1n) is 36.1. The van der Waals surface area contributed by atoms with Crippen LogP contribution >= 0.6 is 0 Å². The molecule has 0 aromatic heterocycles. The van der Waals surface area contributed by atoms with E-state index in [4.69, 9.17) is 4.74 Å². The molecule has 3 N–H and O–H groups in total. The number of allylic oxidation sites excluding steroid dienone is 4. The number of aliphatic hydroxyl groups excluding tert-OH is 2. The molecule has 6 nitrogen and oxygen atoms in total. The number of nitrogens with one attached hydrogen (secondary N) is 1. The van der Waals surface area contributed by atoms with Crippen LogP contribution in [0.2, 0.25) is 0 Å². The number of carbonyl (C=O) groups is 2. The van der Waals surface area contributed by atoms with E-state index < -0.39 is 12.1 Å². The van der Waals surface area contributed by atoms with E-state index in [0.29, 0.717) is 25.9 Å². The van der Waals surface area contributed by atoms with Crippen molar-refractivity contribution in [2.45, 2.75) is 418 Å². The topological polar surface area (TPSA) is 95.9 Å². The molecule has 6 heteroatoms. The average Bonchev–Trinajstić information content (AvgIpc) is 3.45. The molecule has 79 heavy (non-hydrogen) atoms. The third-order valence-corrected chi connectivity index (χ3v) is 17.0. The minimum absolute atomic E-state index is 0.00330. The highest BCUT2D eigenvalue weighted by molar-refractivity contribution is 5.76. The maximum Gasteiger partial charge on any atom is 0.305 e. The van der Waals surface area contributed by atoms with Crippen LogP contribution in [0.15, 0.2) is 24.3 Å². The molecule has 0 bridgehead atoms. The molecule has 0 aliphatic heterocycles. The largest absolute Gasteiger partial charge is 0.466 e. The Morgan fingerprint density at radius 3 is 0.987 bits per heavy atom. The summed E-state index contributed by atoms with van der Waals surface area (Å²) in [5.74, 6) is -0.0253. The molecule has 0 aliphatic rings. The van der Waals surface area contributed by atoms with Crippen molar-refractivity contribution in [1.82, 2.24) is 5.32 Å². The SMILES string of the molecule is CCCCC/C=C\C/C=C\CCCCCCCC(=O)OCCCCCCCCCCCCCCCCCCCCCCCCCCCC(=O)NC(CO)C(O)CCCCCCCCCCCCCCCCCCCCCCCC. The van der Waals surface area contributed by atoms with Gasteiger partial charge in [-0.1, -0.05) is 359 Å². The fourth-order valence-electron chi connectivity index (χ4n) is 11.5. The first kappa shape index (κ1) is 77.3. The lowest BCUT2D eigenvalue weighted by atomic mass is 10.0. The van der Waals surface area contributed by atoms with Gasteiger partial charge in [0, 0.05) is 12.8 Å². The Morgan fingerprint density at radius 1 is 0.354 bits per heavy atom. The molecule has 468 valence electrons. The van der Waals surface area contributed by atoms with Gasteiger partial charge in [-0.3, -0.25) is 9.59 Å². The number of carbonyl (C=O) groups excluding carboxylic acids is 2. The van der Waals surface area contributed by atoms with Crippen LogP contribution in [0.25, 0.3) is 0 Å². The molecule has 0 radical (unpaired) electrons. The highest BCUT2D eigenvalue weighted by Gasteiger charge is 2.20. The van der Waals surface area contributed by atoms with Crippen molar-refractivity contribution < 1.29 is 24.5 Å². The standard InChI is InChI=1S/C73H141NO5/c1-3-5-7-9-11-13-15-17-19-20-21-22-28-31-34-38-41-45-49-53-57-61-65-71(76)70(69-75)74-72(77)66-62-58-54-50-46-42-39-35-32-29-26-24-23-25-27-30-33-36-40-44-48-52-56-60-64-68-79-73(78)67-63-59-55-51-47-43-37-18-16-14-12-10-8-6-4-2/h12,14,18,37,70-71,75-76H,3-11,13,15-17,19-36,38-69H2,1-2H3,(H,74,77)/b14-12-,37-18-. The van der Waals surface area contributed by atoms with Crippen molar-refractivity contribution in [3.05, 3.63) is 24.3 Å². The summed E-state index contributed by atoms with van der Waals surface area (Å²) in [5.41, 5.74) is 0. The van der Waals surface area contributed by atoms with Gasteiger partial charge in [0.1, 0.15) is 0 Å². The number of hydrogen-bond acceptors (Lipinski definition) is 5. The number of unbranched alkanes of at least 4 members (excludes halogenated alkanes) is 53. The van der Waals surface area contributed by atoms with E-state index in [1.165, 1.54) is 321 Å². The summed E-state index contributed by atoms with van der Waals surface area (Å²) < 4.78 is 5.49. The second kappa shape index (κ2) is 68.8. The molecule has 0 heterocycles. The first-order chi connectivity index (χ1) is 39.0. The molecule has 1 amide bonds. The molecule has 0 aromatic carbocycles. The Bertz CT molecular complexity index is 1230. The van der Waals surface area contributed by atoms with E-state index in [1.54, 1.807) is 0 Å². The summed E-state index contributed by atoms with van der Waals surface area (Å²) >= 11 is 0. The lowest BCUT2D eigenvalue weighted by Gasteiger charge is -2.22. The van der Waals surface area contributed by atoms with Gasteiger partial charge in [-0.25, -0.2) is 0 Å². The van der Waals surface area contributed by atoms with Gasteiger partial charge in [-0.2, -0.15) is 0 Å². The zero-order valence-corrected chi connectivity index (χ0v) is 53.6. The number of amides is 1. The maximum atomic E-state index is 12.6. The summed E-state index contributed by atoms with van der Waals surface area (Å²) in [6.45, 7) is 4.96. The first-order valence-corrected chi connectivity index (χ1v) is 36.1. The summed E-state index contributed by atoms with van der Waals surface area (Å²) in [7, 11) is 0. The maximum absolute atomic E-state index is 12.6. The van der Waals surface area contributed by atoms with Crippen LogP contribution in [0, 0.1) is 0 Å². The summed E-state index contributed by atoms with van der Waals surface area (Å²) in [5, 5.41) is 23.4. The smallest absolute Gasteiger partial charge is 0.305 e. The van der Waals surface area contributed by atoms with Gasteiger partial charge in [-0.05, 0) is 57.8 Å². The predicted molar refractivity (Wildman–Crippen MR) is 347 cm³/mol. The van der Waals surface area contributed by atoms with Gasteiger partial charge in [0.2, 0.25) is 5.91 Å². The zero-order chi connectivity index (χ0) is 57.1. The number of aliphatic hydroxyl groups is 2. The Morgan fingerprint density at radius 2 is 0.633 bits per heavy atom. The van der Waals surface area contributed by atoms with Crippen molar-refractivity contribution in [3.63, 3.8) is 0 Å². The summed E-state index contributed by atoms with van der Waals surface area (Å²) in [6.07, 6.45) is 86.6.